The normalized spacial score (nSPS) is 17.5. The van der Waals surface area contributed by atoms with Crippen LogP contribution in [0.4, 0.5) is 5.69 Å². The molecule has 0 aromatic heterocycles. The van der Waals surface area contributed by atoms with Gasteiger partial charge in [0.2, 0.25) is 0 Å². The lowest BCUT2D eigenvalue weighted by molar-refractivity contribution is -0.384. The highest BCUT2D eigenvalue weighted by atomic mass is 32.2. The van der Waals surface area contributed by atoms with Gasteiger partial charge in [-0.05, 0) is 26.3 Å². The molecule has 0 saturated carbocycles. The van der Waals surface area contributed by atoms with Crippen LogP contribution in [0.5, 0.6) is 0 Å². The molecular formula is C21H27N3O6S. The highest BCUT2D eigenvalue weighted by Crippen LogP contribution is 2.46. The lowest BCUT2D eigenvalue weighted by Crippen LogP contribution is -2.34. The van der Waals surface area contributed by atoms with E-state index in [0.29, 0.717) is 22.0 Å². The number of esters is 2. The van der Waals surface area contributed by atoms with E-state index >= 15 is 0 Å². The summed E-state index contributed by atoms with van der Waals surface area (Å²) < 4.78 is 10.3. The summed E-state index contributed by atoms with van der Waals surface area (Å²) in [6.07, 6.45) is 0. The van der Waals surface area contributed by atoms with Gasteiger partial charge in [0.05, 0.1) is 40.7 Å². The van der Waals surface area contributed by atoms with Crippen molar-refractivity contribution in [3.8, 4) is 0 Å². The number of carbonyl (C=O) groups is 2. The third-order valence-corrected chi connectivity index (χ3v) is 6.26. The zero-order valence-electron chi connectivity index (χ0n) is 18.2. The highest BCUT2D eigenvalue weighted by molar-refractivity contribution is 8.03. The van der Waals surface area contributed by atoms with E-state index in [1.54, 1.807) is 31.9 Å². The zero-order valence-corrected chi connectivity index (χ0v) is 19.0. The molecule has 9 nitrogen and oxygen atoms in total. The van der Waals surface area contributed by atoms with Gasteiger partial charge in [-0.15, -0.1) is 11.8 Å². The van der Waals surface area contributed by atoms with Gasteiger partial charge in [0, 0.05) is 36.7 Å². The molecule has 0 amide bonds. The van der Waals surface area contributed by atoms with Crippen LogP contribution in [0.15, 0.2) is 46.1 Å². The fourth-order valence-corrected chi connectivity index (χ4v) is 4.42. The smallest absolute Gasteiger partial charge is 0.337 e. The van der Waals surface area contributed by atoms with Crippen LogP contribution in [-0.4, -0.2) is 54.3 Å². The summed E-state index contributed by atoms with van der Waals surface area (Å²) in [5, 5.41) is 11.9. The van der Waals surface area contributed by atoms with Gasteiger partial charge in [-0.3, -0.25) is 10.1 Å². The number of allylic oxidation sites excluding steroid dienone is 1. The van der Waals surface area contributed by atoms with Gasteiger partial charge in [0.25, 0.3) is 5.69 Å². The van der Waals surface area contributed by atoms with Gasteiger partial charge < -0.3 is 20.1 Å². The number of nitro groups is 1. The van der Waals surface area contributed by atoms with E-state index in [9.17, 15) is 19.7 Å². The minimum absolute atomic E-state index is 0.134. The van der Waals surface area contributed by atoms with Gasteiger partial charge in [0.1, 0.15) is 0 Å². The van der Waals surface area contributed by atoms with E-state index in [1.165, 1.54) is 37.1 Å². The molecule has 168 valence electrons. The van der Waals surface area contributed by atoms with Crippen LogP contribution in [0, 0.1) is 10.1 Å². The monoisotopic (exact) mass is 449 g/mol. The van der Waals surface area contributed by atoms with Gasteiger partial charge in [-0.2, -0.15) is 0 Å². The number of nitrogens with two attached hydrogens (primary N) is 1. The summed E-state index contributed by atoms with van der Waals surface area (Å²) in [5.74, 6) is -1.60. The Labute approximate surface area is 185 Å². The summed E-state index contributed by atoms with van der Waals surface area (Å²) >= 11 is 1.37. The summed E-state index contributed by atoms with van der Waals surface area (Å²) in [7, 11) is 2.99. The number of methoxy groups -OCH3 is 1. The third-order valence-electron chi connectivity index (χ3n) is 4.80. The number of ether oxygens (including phenoxy) is 2. The Morgan fingerprint density at radius 2 is 2.00 bits per heavy atom. The van der Waals surface area contributed by atoms with Crippen LogP contribution in [0.2, 0.25) is 0 Å². The predicted molar refractivity (Wildman–Crippen MR) is 118 cm³/mol. The molecule has 0 radical (unpaired) electrons. The molecule has 1 aliphatic rings. The van der Waals surface area contributed by atoms with E-state index in [0.717, 1.165) is 0 Å². The number of carbonyl (C=O) groups excluding carboxylic acids is 2. The van der Waals surface area contributed by atoms with Crippen molar-refractivity contribution in [2.75, 3.05) is 26.5 Å². The molecule has 1 heterocycles. The minimum atomic E-state index is -0.891. The van der Waals surface area contributed by atoms with Crippen LogP contribution in [-0.2, 0) is 19.1 Å². The van der Waals surface area contributed by atoms with Crippen molar-refractivity contribution < 1.29 is 24.0 Å². The number of nitro benzene ring substituents is 1. The molecule has 2 rings (SSSR count). The number of hydrogen-bond acceptors (Lipinski definition) is 9. The predicted octanol–water partition coefficient (Wildman–Crippen LogP) is 2.93. The van der Waals surface area contributed by atoms with Crippen LogP contribution < -0.4 is 5.73 Å². The molecule has 0 saturated heterocycles. The highest BCUT2D eigenvalue weighted by Gasteiger charge is 2.41. The molecule has 1 aromatic carbocycles. The molecule has 2 N–H and O–H groups in total. The van der Waals surface area contributed by atoms with Crippen molar-refractivity contribution in [3.05, 3.63) is 61.8 Å². The average Bonchev–Trinajstić information content (AvgIpc) is 2.73. The lowest BCUT2D eigenvalue weighted by Gasteiger charge is -2.36. The molecule has 1 aromatic rings. The van der Waals surface area contributed by atoms with Crippen molar-refractivity contribution >= 4 is 29.4 Å². The first-order valence-corrected chi connectivity index (χ1v) is 10.7. The van der Waals surface area contributed by atoms with Crippen molar-refractivity contribution in [1.82, 2.24) is 4.90 Å². The number of rotatable bonds is 8. The topological polar surface area (TPSA) is 125 Å². The number of hydrogen-bond donors (Lipinski definition) is 1. The lowest BCUT2D eigenvalue weighted by atomic mass is 9.81. The fraction of sp³-hybridized carbons (Fsp3) is 0.429. The Balaban J connectivity index is 2.82. The van der Waals surface area contributed by atoms with Crippen molar-refractivity contribution in [1.29, 1.82) is 0 Å². The van der Waals surface area contributed by atoms with Crippen molar-refractivity contribution in [3.63, 3.8) is 0 Å². The summed E-state index contributed by atoms with van der Waals surface area (Å²) in [5.41, 5.74) is 7.22. The molecule has 0 bridgehead atoms. The number of thioether (sulfide) groups is 1. The third kappa shape index (κ3) is 5.26. The molecule has 31 heavy (non-hydrogen) atoms. The van der Waals surface area contributed by atoms with E-state index in [4.69, 9.17) is 15.2 Å². The van der Waals surface area contributed by atoms with E-state index < -0.39 is 22.8 Å². The number of benzene rings is 1. The van der Waals surface area contributed by atoms with Crippen molar-refractivity contribution in [2.24, 2.45) is 5.73 Å². The fourth-order valence-electron chi connectivity index (χ4n) is 3.32. The quantitative estimate of drug-likeness (QED) is 0.362. The first kappa shape index (κ1) is 24.4. The maximum Gasteiger partial charge on any atom is 0.337 e. The first-order chi connectivity index (χ1) is 14.6. The van der Waals surface area contributed by atoms with E-state index in [2.05, 4.69) is 0 Å². The van der Waals surface area contributed by atoms with Gasteiger partial charge >= 0.3 is 11.9 Å². The largest absolute Gasteiger partial charge is 0.466 e. The summed E-state index contributed by atoms with van der Waals surface area (Å²) in [6.45, 7) is 5.41. The average molecular weight is 450 g/mol. The standard InChI is InChI=1S/C21H27N3O6S/c1-6-30-21(26)18-17(14-8-7-9-15(10-14)24(27)28)16(20(25)29-5)13(3)23(4)19(18)31-11-12(2)22/h7-10,12,17H,6,11,22H2,1-5H3. The maximum atomic E-state index is 13.1. The Morgan fingerprint density at radius 1 is 1.32 bits per heavy atom. The minimum Gasteiger partial charge on any atom is -0.466 e. The first-order valence-electron chi connectivity index (χ1n) is 9.70. The molecule has 0 spiro atoms. The van der Waals surface area contributed by atoms with Crippen molar-refractivity contribution in [2.45, 2.75) is 32.7 Å². The Bertz CT molecular complexity index is 941. The van der Waals surface area contributed by atoms with Crippen LogP contribution >= 0.6 is 11.8 Å². The molecule has 10 heteroatoms. The molecule has 0 aliphatic carbocycles. The second-order valence-corrected chi connectivity index (χ2v) is 8.07. The van der Waals surface area contributed by atoms with Crippen LogP contribution in [0.1, 0.15) is 32.3 Å². The van der Waals surface area contributed by atoms with Gasteiger partial charge in [-0.25, -0.2) is 9.59 Å². The summed E-state index contributed by atoms with van der Waals surface area (Å²) in [4.78, 5) is 38.5. The molecule has 2 atom stereocenters. The number of nitrogens with zero attached hydrogens (tertiary/aromatic N) is 2. The molecule has 2 unspecified atom stereocenters. The zero-order chi connectivity index (χ0) is 23.3. The second-order valence-electron chi connectivity index (χ2n) is 7.06. The molecular weight excluding hydrogens is 422 g/mol. The van der Waals surface area contributed by atoms with Gasteiger partial charge in [-0.1, -0.05) is 12.1 Å². The van der Waals surface area contributed by atoms with Gasteiger partial charge in [0.15, 0.2) is 0 Å². The molecule has 1 aliphatic heterocycles. The van der Waals surface area contributed by atoms with Crippen LogP contribution in [0.25, 0.3) is 0 Å². The Morgan fingerprint density at radius 3 is 2.55 bits per heavy atom. The Kier molecular flexibility index (Phi) is 8.23. The van der Waals surface area contributed by atoms with E-state index in [-0.39, 0.29) is 29.5 Å². The SMILES string of the molecule is CCOC(=O)C1=C(SCC(C)N)N(C)C(C)=C(C(=O)OC)C1c1cccc([N+](=O)[O-])c1. The van der Waals surface area contributed by atoms with E-state index in [1.807, 2.05) is 6.92 Å². The Hall–Kier alpha value is -2.85. The second kappa shape index (κ2) is 10.5. The molecule has 0 fully saturated rings. The summed E-state index contributed by atoms with van der Waals surface area (Å²) in [6, 6.07) is 5.74. The van der Waals surface area contributed by atoms with Crippen LogP contribution in [0.3, 0.4) is 0 Å². The number of non-ortho nitro benzene ring substituents is 1. The maximum absolute atomic E-state index is 13.1.